The minimum atomic E-state index is -1.15. The number of nitrogens with zero attached hydrogens (tertiary/aromatic N) is 1. The monoisotopic (exact) mass is 658 g/mol. The molecule has 0 unspecified atom stereocenters. The molecular formula is C25H28ClIN4O7. The molecule has 0 aliphatic carbocycles. The number of hydrazone groups is 1. The van der Waals surface area contributed by atoms with Crippen LogP contribution < -0.4 is 30.3 Å². The summed E-state index contributed by atoms with van der Waals surface area (Å²) in [6.07, 6.45) is 0.336. The molecule has 4 N–H and O–H groups in total. The van der Waals surface area contributed by atoms with E-state index in [1.807, 2.05) is 6.92 Å². The van der Waals surface area contributed by atoms with Crippen molar-refractivity contribution in [3.63, 3.8) is 0 Å². The number of carbonyl (C=O) groups excluding carboxylic acids is 2. The van der Waals surface area contributed by atoms with Crippen LogP contribution in [0.5, 0.6) is 17.2 Å². The van der Waals surface area contributed by atoms with Crippen molar-refractivity contribution in [2.24, 2.45) is 5.10 Å². The zero-order valence-corrected chi connectivity index (χ0v) is 24.0. The van der Waals surface area contributed by atoms with Crippen molar-refractivity contribution in [1.82, 2.24) is 16.1 Å². The van der Waals surface area contributed by atoms with Gasteiger partial charge in [-0.1, -0.05) is 17.7 Å². The first-order valence-electron chi connectivity index (χ1n) is 11.4. The lowest BCUT2D eigenvalue weighted by Gasteiger charge is -2.28. The number of aliphatic hydroxyl groups excluding tert-OH is 1. The Hall–Kier alpha value is -3.23. The van der Waals surface area contributed by atoms with Gasteiger partial charge in [-0.3, -0.25) is 5.43 Å². The third-order valence-corrected chi connectivity index (χ3v) is 6.36. The molecule has 3 rings (SSSR count). The number of halogens is 2. The highest BCUT2D eigenvalue weighted by molar-refractivity contribution is 14.1. The highest BCUT2D eigenvalue weighted by atomic mass is 127. The molecule has 2 aromatic rings. The van der Waals surface area contributed by atoms with Crippen molar-refractivity contribution in [3.8, 4) is 17.2 Å². The molecule has 1 aliphatic heterocycles. The first kappa shape index (κ1) is 29.3. The number of aliphatic hydroxyl groups is 1. The summed E-state index contributed by atoms with van der Waals surface area (Å²) >= 11 is 8.22. The van der Waals surface area contributed by atoms with E-state index < -0.39 is 24.3 Å². The number of benzene rings is 2. The van der Waals surface area contributed by atoms with Gasteiger partial charge in [-0.2, -0.15) is 5.10 Å². The molecule has 38 heavy (non-hydrogen) atoms. The standard InChI is InChI=1S/C25H28ClIN4O7/c1-5-37-19-9-14(22-21(24(33)36-4)13(2)29-25(34)30-22)6-7-18(19)38-12-20(32)31-28-11-15-8-16(26)10-17(27)23(15)35-3/h6-11,20,22,31-32H,5,12H2,1-4H3,(H2,29,30,34)/b28-11+/t20-,22-/m1/s1. The highest BCUT2D eigenvalue weighted by Crippen LogP contribution is 2.35. The molecule has 0 bridgehead atoms. The van der Waals surface area contributed by atoms with Crippen molar-refractivity contribution in [2.45, 2.75) is 26.1 Å². The molecule has 0 aromatic heterocycles. The Morgan fingerprint density at radius 3 is 2.71 bits per heavy atom. The van der Waals surface area contributed by atoms with Crippen LogP contribution in [-0.2, 0) is 9.53 Å². The number of carbonyl (C=O) groups is 2. The summed E-state index contributed by atoms with van der Waals surface area (Å²) in [5, 5.41) is 20.2. The molecule has 1 aliphatic rings. The van der Waals surface area contributed by atoms with Gasteiger partial charge < -0.3 is 34.7 Å². The van der Waals surface area contributed by atoms with Gasteiger partial charge in [-0.05, 0) is 66.3 Å². The van der Waals surface area contributed by atoms with E-state index in [1.54, 1.807) is 44.4 Å². The molecule has 2 atom stereocenters. The van der Waals surface area contributed by atoms with Crippen LogP contribution in [-0.4, -0.2) is 57.0 Å². The Labute approximate surface area is 238 Å². The van der Waals surface area contributed by atoms with Crippen molar-refractivity contribution in [3.05, 3.63) is 61.3 Å². The molecule has 13 heteroatoms. The van der Waals surface area contributed by atoms with Gasteiger partial charge in [0.2, 0.25) is 0 Å². The van der Waals surface area contributed by atoms with E-state index in [1.165, 1.54) is 13.3 Å². The normalized spacial score (nSPS) is 16.0. The van der Waals surface area contributed by atoms with Crippen LogP contribution in [0.25, 0.3) is 0 Å². The molecular weight excluding hydrogens is 631 g/mol. The second kappa shape index (κ2) is 13.5. The number of hydrogen-bond donors (Lipinski definition) is 4. The van der Waals surface area contributed by atoms with E-state index in [0.717, 1.165) is 3.57 Å². The molecule has 2 amide bonds. The lowest BCUT2D eigenvalue weighted by molar-refractivity contribution is -0.136. The van der Waals surface area contributed by atoms with E-state index in [0.29, 0.717) is 45.7 Å². The van der Waals surface area contributed by atoms with Gasteiger partial charge in [0.1, 0.15) is 12.4 Å². The zero-order valence-electron chi connectivity index (χ0n) is 21.1. The SMILES string of the molecule is CCOc1cc([C@H]2NC(=O)NC(C)=C2C(=O)OC)ccc1OC[C@@H](O)N/N=C/c1cc(Cl)cc(I)c1OC. The smallest absolute Gasteiger partial charge is 0.337 e. The largest absolute Gasteiger partial charge is 0.495 e. The summed E-state index contributed by atoms with van der Waals surface area (Å²) in [5.74, 6) is 0.761. The van der Waals surface area contributed by atoms with Gasteiger partial charge in [0, 0.05) is 16.3 Å². The number of urea groups is 1. The second-order valence-corrected chi connectivity index (χ2v) is 9.52. The quantitative estimate of drug-likeness (QED) is 0.0947. The molecule has 204 valence electrons. The van der Waals surface area contributed by atoms with E-state index in [-0.39, 0.29) is 12.2 Å². The van der Waals surface area contributed by atoms with Crippen molar-refractivity contribution < 1.29 is 33.6 Å². The summed E-state index contributed by atoms with van der Waals surface area (Å²) in [4.78, 5) is 24.5. The summed E-state index contributed by atoms with van der Waals surface area (Å²) in [5.41, 5.74) is 4.47. The van der Waals surface area contributed by atoms with Crippen LogP contribution in [0.3, 0.4) is 0 Å². The number of methoxy groups -OCH3 is 2. The fraction of sp³-hybridized carbons (Fsp3) is 0.320. The fourth-order valence-corrected chi connectivity index (χ4v) is 4.98. The number of amides is 2. The maximum Gasteiger partial charge on any atom is 0.337 e. The van der Waals surface area contributed by atoms with Gasteiger partial charge in [0.15, 0.2) is 17.7 Å². The molecule has 0 saturated heterocycles. The maximum atomic E-state index is 12.4. The molecule has 11 nitrogen and oxygen atoms in total. The van der Waals surface area contributed by atoms with E-state index in [2.05, 4.69) is 43.8 Å². The Morgan fingerprint density at radius 2 is 2.03 bits per heavy atom. The van der Waals surface area contributed by atoms with Gasteiger partial charge in [0.25, 0.3) is 0 Å². The molecule has 0 saturated carbocycles. The number of ether oxygens (including phenoxy) is 4. The Morgan fingerprint density at radius 1 is 1.26 bits per heavy atom. The first-order chi connectivity index (χ1) is 18.2. The molecule has 2 aromatic carbocycles. The van der Waals surface area contributed by atoms with E-state index in [4.69, 9.17) is 30.5 Å². The van der Waals surface area contributed by atoms with Gasteiger partial charge in [0.05, 0.1) is 42.2 Å². The van der Waals surface area contributed by atoms with Crippen molar-refractivity contribution in [2.75, 3.05) is 27.4 Å². The predicted molar refractivity (Wildman–Crippen MR) is 150 cm³/mol. The lowest BCUT2D eigenvalue weighted by atomic mass is 9.95. The summed E-state index contributed by atoms with van der Waals surface area (Å²) in [6, 6.07) is 7.25. The first-order valence-corrected chi connectivity index (χ1v) is 12.9. The minimum absolute atomic E-state index is 0.155. The fourth-order valence-electron chi connectivity index (χ4n) is 3.71. The molecule has 0 spiro atoms. The number of esters is 1. The van der Waals surface area contributed by atoms with Crippen LogP contribution in [0.4, 0.5) is 4.79 Å². The highest BCUT2D eigenvalue weighted by Gasteiger charge is 2.32. The van der Waals surface area contributed by atoms with Crippen LogP contribution in [0.2, 0.25) is 5.02 Å². The Kier molecular flexibility index (Phi) is 10.4. The van der Waals surface area contributed by atoms with Crippen molar-refractivity contribution in [1.29, 1.82) is 0 Å². The van der Waals surface area contributed by atoms with Gasteiger partial charge in [-0.15, -0.1) is 0 Å². The lowest BCUT2D eigenvalue weighted by Crippen LogP contribution is -2.45. The summed E-state index contributed by atoms with van der Waals surface area (Å²) in [6.45, 7) is 3.61. The number of hydrogen-bond acceptors (Lipinski definition) is 9. The van der Waals surface area contributed by atoms with E-state index in [9.17, 15) is 14.7 Å². The molecule has 0 fully saturated rings. The van der Waals surface area contributed by atoms with E-state index >= 15 is 0 Å². The zero-order chi connectivity index (χ0) is 27.8. The molecule has 1 heterocycles. The Balaban J connectivity index is 1.72. The number of allylic oxidation sites excluding steroid dienone is 1. The predicted octanol–water partition coefficient (Wildman–Crippen LogP) is 3.47. The van der Waals surface area contributed by atoms with Crippen molar-refractivity contribution >= 4 is 52.4 Å². The number of nitrogens with one attached hydrogen (secondary N) is 3. The van der Waals surface area contributed by atoms with Crippen LogP contribution in [0, 0.1) is 3.57 Å². The molecule has 0 radical (unpaired) electrons. The third kappa shape index (κ3) is 7.20. The van der Waals surface area contributed by atoms with Crippen LogP contribution >= 0.6 is 34.2 Å². The Bertz CT molecular complexity index is 1250. The third-order valence-electron chi connectivity index (χ3n) is 5.34. The average molecular weight is 659 g/mol. The minimum Gasteiger partial charge on any atom is -0.495 e. The summed E-state index contributed by atoms with van der Waals surface area (Å²) in [7, 11) is 2.82. The van der Waals surface area contributed by atoms with Gasteiger partial charge >= 0.3 is 12.0 Å². The maximum absolute atomic E-state index is 12.4. The topological polar surface area (TPSA) is 140 Å². The van der Waals surface area contributed by atoms with Gasteiger partial charge in [-0.25, -0.2) is 9.59 Å². The average Bonchev–Trinajstić information content (AvgIpc) is 2.87. The van der Waals surface area contributed by atoms with Crippen LogP contribution in [0.1, 0.15) is 31.0 Å². The number of rotatable bonds is 11. The second-order valence-electron chi connectivity index (χ2n) is 7.93. The summed E-state index contributed by atoms with van der Waals surface area (Å²) < 4.78 is 22.6. The van der Waals surface area contributed by atoms with Crippen LogP contribution in [0.15, 0.2) is 46.7 Å².